The molecule has 0 aromatic heterocycles. The summed E-state index contributed by atoms with van der Waals surface area (Å²) in [6, 6.07) is 9.76. The predicted molar refractivity (Wildman–Crippen MR) is 115 cm³/mol. The van der Waals surface area contributed by atoms with Gasteiger partial charge >= 0.3 is 5.97 Å². The number of hydrogen-bond acceptors (Lipinski definition) is 4. The van der Waals surface area contributed by atoms with Gasteiger partial charge in [0.1, 0.15) is 0 Å². The molecule has 1 saturated heterocycles. The van der Waals surface area contributed by atoms with Crippen LogP contribution in [0.5, 0.6) is 0 Å². The van der Waals surface area contributed by atoms with Crippen molar-refractivity contribution in [2.24, 2.45) is 0 Å². The van der Waals surface area contributed by atoms with Gasteiger partial charge in [-0.05, 0) is 55.3 Å². The molecule has 3 rings (SSSR count). The molecule has 29 heavy (non-hydrogen) atoms. The average molecular weight is 457 g/mol. The van der Waals surface area contributed by atoms with E-state index >= 15 is 0 Å². The molecule has 6 nitrogen and oxygen atoms in total. The van der Waals surface area contributed by atoms with Gasteiger partial charge in [-0.2, -0.15) is 4.31 Å². The zero-order chi connectivity index (χ0) is 21.3. The Hall–Kier alpha value is -1.80. The summed E-state index contributed by atoms with van der Waals surface area (Å²) in [5.74, 6) is -0.994. The zero-order valence-corrected chi connectivity index (χ0v) is 18.4. The number of nitrogens with zero attached hydrogens (tertiary/aromatic N) is 2. The number of anilines is 1. The smallest absolute Gasteiger partial charge is 0.307 e. The molecule has 1 heterocycles. The summed E-state index contributed by atoms with van der Waals surface area (Å²) in [5, 5.41) is 10.00. The molecule has 0 radical (unpaired) electrons. The Labute approximate surface area is 180 Å². The summed E-state index contributed by atoms with van der Waals surface area (Å²) < 4.78 is 27.9. The first kappa shape index (κ1) is 21.9. The van der Waals surface area contributed by atoms with Crippen molar-refractivity contribution in [3.63, 3.8) is 0 Å². The van der Waals surface area contributed by atoms with Gasteiger partial charge in [0.25, 0.3) is 0 Å². The maximum atomic E-state index is 13.2. The third kappa shape index (κ3) is 4.69. The minimum atomic E-state index is -3.74. The van der Waals surface area contributed by atoms with Gasteiger partial charge in [-0.3, -0.25) is 4.79 Å². The summed E-state index contributed by atoms with van der Waals surface area (Å²) in [7, 11) is -3.74. The number of aliphatic carboxylic acids is 1. The number of aryl methyl sites for hydroxylation is 1. The zero-order valence-electron chi connectivity index (χ0n) is 16.1. The SMILES string of the molecule is Cc1ccc(S(=O)(=O)N2CCN(c3ccc(Cl)c(Cl)c3)C[C@H]2C)cc1CC(=O)O. The van der Waals surface area contributed by atoms with Gasteiger partial charge in [0.15, 0.2) is 0 Å². The van der Waals surface area contributed by atoms with E-state index in [4.69, 9.17) is 28.3 Å². The van der Waals surface area contributed by atoms with Gasteiger partial charge in [-0.25, -0.2) is 8.42 Å². The monoisotopic (exact) mass is 456 g/mol. The highest BCUT2D eigenvalue weighted by Crippen LogP contribution is 2.30. The molecule has 1 aliphatic rings. The van der Waals surface area contributed by atoms with Crippen LogP contribution in [0.4, 0.5) is 5.69 Å². The number of carbonyl (C=O) groups is 1. The molecule has 0 amide bonds. The molecule has 0 aliphatic carbocycles. The molecule has 2 aromatic rings. The van der Waals surface area contributed by atoms with Crippen molar-refractivity contribution in [1.82, 2.24) is 4.31 Å². The molecule has 1 aliphatic heterocycles. The van der Waals surface area contributed by atoms with Crippen molar-refractivity contribution in [3.05, 3.63) is 57.6 Å². The molecule has 0 saturated carbocycles. The van der Waals surface area contributed by atoms with Crippen molar-refractivity contribution in [3.8, 4) is 0 Å². The number of piperazine rings is 1. The molecule has 1 fully saturated rings. The lowest BCUT2D eigenvalue weighted by molar-refractivity contribution is -0.136. The van der Waals surface area contributed by atoms with Crippen LogP contribution in [0.3, 0.4) is 0 Å². The van der Waals surface area contributed by atoms with Crippen LogP contribution in [0.15, 0.2) is 41.3 Å². The fourth-order valence-corrected chi connectivity index (χ4v) is 5.47. The molecule has 2 aromatic carbocycles. The number of halogens is 2. The van der Waals surface area contributed by atoms with E-state index in [2.05, 4.69) is 4.90 Å². The summed E-state index contributed by atoms with van der Waals surface area (Å²) in [4.78, 5) is 13.3. The number of rotatable bonds is 5. The first-order valence-electron chi connectivity index (χ1n) is 9.12. The molecule has 156 valence electrons. The Balaban J connectivity index is 1.82. The molecule has 1 atom stereocenters. The van der Waals surface area contributed by atoms with Crippen LogP contribution in [0.1, 0.15) is 18.1 Å². The van der Waals surface area contributed by atoms with Crippen LogP contribution in [0, 0.1) is 6.92 Å². The molecule has 1 N–H and O–H groups in total. The number of carboxylic acids is 1. The minimum absolute atomic E-state index is 0.120. The highest BCUT2D eigenvalue weighted by atomic mass is 35.5. The normalized spacial score (nSPS) is 18.1. The molecule has 0 unspecified atom stereocenters. The third-order valence-electron chi connectivity index (χ3n) is 5.10. The summed E-state index contributed by atoms with van der Waals surface area (Å²) in [6.07, 6.45) is -0.212. The Morgan fingerprint density at radius 2 is 1.86 bits per heavy atom. The fraction of sp³-hybridized carbons (Fsp3) is 0.350. The highest BCUT2D eigenvalue weighted by Gasteiger charge is 2.34. The number of hydrogen-bond donors (Lipinski definition) is 1. The van der Waals surface area contributed by atoms with Crippen molar-refractivity contribution in [2.45, 2.75) is 31.2 Å². The number of carboxylic acid groups (broad SMARTS) is 1. The van der Waals surface area contributed by atoms with E-state index in [1.807, 2.05) is 13.0 Å². The molecular formula is C20H22Cl2N2O4S. The van der Waals surface area contributed by atoms with Gasteiger partial charge in [0, 0.05) is 31.4 Å². The van der Waals surface area contributed by atoms with E-state index < -0.39 is 16.0 Å². The summed E-state index contributed by atoms with van der Waals surface area (Å²) in [5.41, 5.74) is 2.15. The largest absolute Gasteiger partial charge is 0.481 e. The second-order valence-corrected chi connectivity index (χ2v) is 9.87. The first-order valence-corrected chi connectivity index (χ1v) is 11.3. The summed E-state index contributed by atoms with van der Waals surface area (Å²) in [6.45, 7) is 4.95. The maximum Gasteiger partial charge on any atom is 0.307 e. The van der Waals surface area contributed by atoms with E-state index in [1.54, 1.807) is 25.1 Å². The minimum Gasteiger partial charge on any atom is -0.481 e. The molecule has 0 spiro atoms. The van der Waals surface area contributed by atoms with Crippen LogP contribution in [0.2, 0.25) is 10.0 Å². The van der Waals surface area contributed by atoms with Gasteiger partial charge in [0.2, 0.25) is 10.0 Å². The lowest BCUT2D eigenvalue weighted by atomic mass is 10.1. The highest BCUT2D eigenvalue weighted by molar-refractivity contribution is 7.89. The average Bonchev–Trinajstić information content (AvgIpc) is 2.65. The predicted octanol–water partition coefficient (Wildman–Crippen LogP) is 3.83. The lowest BCUT2D eigenvalue weighted by Crippen LogP contribution is -2.54. The van der Waals surface area contributed by atoms with E-state index in [9.17, 15) is 13.2 Å². The van der Waals surface area contributed by atoms with Gasteiger partial charge in [-0.1, -0.05) is 29.3 Å². The topological polar surface area (TPSA) is 77.9 Å². The van der Waals surface area contributed by atoms with E-state index in [1.165, 1.54) is 16.4 Å². The number of sulfonamides is 1. The van der Waals surface area contributed by atoms with Crippen LogP contribution in [0.25, 0.3) is 0 Å². The Morgan fingerprint density at radius 3 is 2.48 bits per heavy atom. The molecule has 9 heteroatoms. The lowest BCUT2D eigenvalue weighted by Gasteiger charge is -2.40. The maximum absolute atomic E-state index is 13.2. The van der Waals surface area contributed by atoms with E-state index in [0.717, 1.165) is 11.3 Å². The van der Waals surface area contributed by atoms with Gasteiger partial charge in [-0.15, -0.1) is 0 Å². The Morgan fingerprint density at radius 1 is 1.14 bits per heavy atom. The Bertz CT molecular complexity index is 1040. The first-order chi connectivity index (χ1) is 13.6. The van der Waals surface area contributed by atoms with Gasteiger partial charge < -0.3 is 10.0 Å². The third-order valence-corrected chi connectivity index (χ3v) is 7.85. The van der Waals surface area contributed by atoms with E-state index in [-0.39, 0.29) is 17.4 Å². The van der Waals surface area contributed by atoms with Gasteiger partial charge in [0.05, 0.1) is 21.4 Å². The van der Waals surface area contributed by atoms with Crippen molar-refractivity contribution >= 4 is 44.9 Å². The summed E-state index contributed by atoms with van der Waals surface area (Å²) >= 11 is 12.1. The van der Waals surface area contributed by atoms with Crippen LogP contribution in [-0.4, -0.2) is 49.5 Å². The number of benzene rings is 2. The second-order valence-electron chi connectivity index (χ2n) is 7.17. The van der Waals surface area contributed by atoms with Crippen LogP contribution in [-0.2, 0) is 21.2 Å². The van der Waals surface area contributed by atoms with E-state index in [0.29, 0.717) is 35.2 Å². The van der Waals surface area contributed by atoms with Crippen LogP contribution < -0.4 is 4.90 Å². The molecule has 0 bridgehead atoms. The van der Waals surface area contributed by atoms with Crippen molar-refractivity contribution in [1.29, 1.82) is 0 Å². The quantitative estimate of drug-likeness (QED) is 0.739. The second kappa shape index (κ2) is 8.52. The van der Waals surface area contributed by atoms with Crippen molar-refractivity contribution in [2.75, 3.05) is 24.5 Å². The Kier molecular flexibility index (Phi) is 6.43. The molecular weight excluding hydrogens is 435 g/mol. The standard InChI is InChI=1S/C20H22Cl2N2O4S/c1-13-3-5-17(9-15(13)10-20(25)26)29(27,28)24-8-7-23(12-14(24)2)16-4-6-18(21)19(22)11-16/h3-6,9,11,14H,7-8,10,12H2,1-2H3,(H,25,26)/t14-/m1/s1. The fourth-order valence-electron chi connectivity index (χ4n) is 3.51. The van der Waals surface area contributed by atoms with Crippen molar-refractivity contribution < 1.29 is 18.3 Å². The van der Waals surface area contributed by atoms with Crippen LogP contribution >= 0.6 is 23.2 Å².